The van der Waals surface area contributed by atoms with Crippen LogP contribution in [0.3, 0.4) is 0 Å². The van der Waals surface area contributed by atoms with Crippen LogP contribution in [0.1, 0.15) is 55.7 Å². The van der Waals surface area contributed by atoms with Crippen LogP contribution < -0.4 is 14.8 Å². The number of ether oxygens (including phenoxy) is 2. The number of benzene rings is 2. The third-order valence-corrected chi connectivity index (χ3v) is 6.43. The molecule has 0 atom stereocenters. The van der Waals surface area contributed by atoms with Crippen molar-refractivity contribution < 1.29 is 23.9 Å². The van der Waals surface area contributed by atoms with Gasteiger partial charge in [0.1, 0.15) is 12.2 Å². The van der Waals surface area contributed by atoms with Crippen LogP contribution in [0.2, 0.25) is 0 Å². The van der Waals surface area contributed by atoms with E-state index in [1.807, 2.05) is 43.3 Å². The fourth-order valence-electron chi connectivity index (χ4n) is 4.74. The van der Waals surface area contributed by atoms with Crippen molar-refractivity contribution >= 4 is 23.9 Å². The monoisotopic (exact) mass is 488 g/mol. The molecule has 0 aromatic heterocycles. The molecule has 36 heavy (non-hydrogen) atoms. The predicted molar refractivity (Wildman–Crippen MR) is 138 cm³/mol. The van der Waals surface area contributed by atoms with Crippen LogP contribution in [0.25, 0.3) is 6.08 Å². The Labute approximate surface area is 211 Å². The highest BCUT2D eigenvalue weighted by atomic mass is 16.5. The second kappa shape index (κ2) is 11.7. The van der Waals surface area contributed by atoms with Crippen LogP contribution in [0.4, 0.5) is 4.79 Å². The van der Waals surface area contributed by atoms with Gasteiger partial charge in [-0.1, -0.05) is 55.7 Å². The van der Waals surface area contributed by atoms with Crippen molar-refractivity contribution in [2.45, 2.75) is 58.1 Å². The fourth-order valence-corrected chi connectivity index (χ4v) is 4.74. The molecular weight excluding hydrogens is 456 g/mol. The van der Waals surface area contributed by atoms with Crippen molar-refractivity contribution in [1.29, 1.82) is 0 Å². The van der Waals surface area contributed by atoms with E-state index in [0.717, 1.165) is 43.2 Å². The first-order valence-corrected chi connectivity index (χ1v) is 12.5. The lowest BCUT2D eigenvalue weighted by Gasteiger charge is -2.35. The molecule has 2 fully saturated rings. The number of hydrogen-bond donors (Lipinski definition) is 1. The second-order valence-corrected chi connectivity index (χ2v) is 8.99. The van der Waals surface area contributed by atoms with Gasteiger partial charge in [0.25, 0.3) is 11.8 Å². The molecule has 1 saturated heterocycles. The summed E-state index contributed by atoms with van der Waals surface area (Å²) in [6.07, 6.45) is 8.32. The molecule has 4 amide bonds. The van der Waals surface area contributed by atoms with Crippen LogP contribution >= 0.6 is 0 Å². The normalized spacial score (nSPS) is 17.8. The molecule has 0 radical (unpaired) electrons. The summed E-state index contributed by atoms with van der Waals surface area (Å²) in [5.41, 5.74) is 2.39. The summed E-state index contributed by atoms with van der Waals surface area (Å²) in [6, 6.07) is 12.6. The molecule has 7 nitrogen and oxygen atoms in total. The highest BCUT2D eigenvalue weighted by molar-refractivity contribution is 6.31. The van der Waals surface area contributed by atoms with Crippen LogP contribution in [-0.4, -0.2) is 35.4 Å². The molecule has 0 spiro atoms. The van der Waals surface area contributed by atoms with E-state index in [1.54, 1.807) is 12.1 Å². The lowest BCUT2D eigenvalue weighted by atomic mass is 9.93. The average Bonchev–Trinajstić information content (AvgIpc) is 2.87. The zero-order valence-electron chi connectivity index (χ0n) is 20.6. The number of imide groups is 2. The molecule has 1 aliphatic heterocycles. The summed E-state index contributed by atoms with van der Waals surface area (Å²) in [5, 5.41) is 2.34. The molecule has 1 aliphatic carbocycles. The van der Waals surface area contributed by atoms with Gasteiger partial charge in [-0.15, -0.1) is 6.58 Å². The van der Waals surface area contributed by atoms with Gasteiger partial charge in [-0.25, -0.2) is 4.79 Å². The minimum absolute atomic E-state index is 0.0647. The predicted octanol–water partition coefficient (Wildman–Crippen LogP) is 5.19. The topological polar surface area (TPSA) is 84.9 Å². The van der Waals surface area contributed by atoms with Gasteiger partial charge < -0.3 is 9.47 Å². The standard InChI is InChI=1S/C29H32N2O5/c1-3-11-22-16-21(18-25(35-4-2)26(22)36-19-20-12-7-5-8-13-20)17-24-27(32)30-29(34)31(28(24)33)23-14-9-6-10-15-23/h3,5,7-8,12-13,16-18,23H,1,4,6,9-11,14-15,19H2,2H3,(H,30,32,34). The summed E-state index contributed by atoms with van der Waals surface area (Å²) >= 11 is 0. The minimum Gasteiger partial charge on any atom is -0.490 e. The Bertz CT molecular complexity index is 1170. The third kappa shape index (κ3) is 5.67. The molecule has 1 heterocycles. The third-order valence-electron chi connectivity index (χ3n) is 6.43. The Morgan fingerprint density at radius 2 is 1.81 bits per heavy atom. The van der Waals surface area contributed by atoms with Gasteiger partial charge in [0.2, 0.25) is 0 Å². The van der Waals surface area contributed by atoms with E-state index in [2.05, 4.69) is 11.9 Å². The maximum absolute atomic E-state index is 13.3. The molecule has 0 bridgehead atoms. The minimum atomic E-state index is -0.690. The Hall–Kier alpha value is -3.87. The van der Waals surface area contributed by atoms with Gasteiger partial charge in [0.05, 0.1) is 6.61 Å². The van der Waals surface area contributed by atoms with Crippen LogP contribution in [-0.2, 0) is 22.6 Å². The van der Waals surface area contributed by atoms with Crippen LogP contribution in [0, 0.1) is 0 Å². The van der Waals surface area contributed by atoms with E-state index < -0.39 is 17.8 Å². The van der Waals surface area contributed by atoms with E-state index in [4.69, 9.17) is 9.47 Å². The quantitative estimate of drug-likeness (QED) is 0.298. The number of hydrogen-bond acceptors (Lipinski definition) is 5. The average molecular weight is 489 g/mol. The summed E-state index contributed by atoms with van der Waals surface area (Å²) in [7, 11) is 0. The molecule has 188 valence electrons. The first kappa shape index (κ1) is 25.2. The van der Waals surface area contributed by atoms with Gasteiger partial charge in [0.15, 0.2) is 11.5 Å². The number of urea groups is 1. The molecule has 4 rings (SSSR count). The van der Waals surface area contributed by atoms with Crippen molar-refractivity contribution in [3.05, 3.63) is 77.4 Å². The molecule has 7 heteroatoms. The van der Waals surface area contributed by atoms with E-state index in [0.29, 0.717) is 36.7 Å². The van der Waals surface area contributed by atoms with Crippen molar-refractivity contribution in [1.82, 2.24) is 10.2 Å². The van der Waals surface area contributed by atoms with Crippen molar-refractivity contribution in [2.75, 3.05) is 6.61 Å². The van der Waals surface area contributed by atoms with Gasteiger partial charge in [-0.3, -0.25) is 19.8 Å². The Balaban J connectivity index is 1.68. The number of rotatable bonds is 9. The number of carbonyl (C=O) groups is 3. The maximum atomic E-state index is 13.3. The van der Waals surface area contributed by atoms with Crippen molar-refractivity contribution in [3.8, 4) is 11.5 Å². The molecule has 0 unspecified atom stereocenters. The SMILES string of the molecule is C=CCc1cc(C=C2C(=O)NC(=O)N(C3CCCCC3)C2=O)cc(OCC)c1OCc1ccccc1. The number of amides is 4. The van der Waals surface area contributed by atoms with Crippen LogP contribution in [0.5, 0.6) is 11.5 Å². The zero-order valence-corrected chi connectivity index (χ0v) is 20.6. The smallest absolute Gasteiger partial charge is 0.331 e. The number of nitrogens with zero attached hydrogens (tertiary/aromatic N) is 1. The van der Waals surface area contributed by atoms with E-state index >= 15 is 0 Å². The molecule has 2 aliphatic rings. The molecule has 1 N–H and O–H groups in total. The Morgan fingerprint density at radius 1 is 1.06 bits per heavy atom. The Kier molecular flexibility index (Phi) is 8.21. The lowest BCUT2D eigenvalue weighted by molar-refractivity contribution is -0.132. The van der Waals surface area contributed by atoms with E-state index in [-0.39, 0.29) is 11.6 Å². The summed E-state index contributed by atoms with van der Waals surface area (Å²) in [6.45, 7) is 6.52. The Morgan fingerprint density at radius 3 is 2.50 bits per heavy atom. The largest absolute Gasteiger partial charge is 0.490 e. The van der Waals surface area contributed by atoms with Gasteiger partial charge in [0, 0.05) is 11.6 Å². The van der Waals surface area contributed by atoms with Crippen LogP contribution in [0.15, 0.2) is 60.7 Å². The number of barbiturate groups is 1. The molecule has 2 aromatic carbocycles. The highest BCUT2D eigenvalue weighted by Gasteiger charge is 2.40. The van der Waals surface area contributed by atoms with Gasteiger partial charge >= 0.3 is 6.03 Å². The maximum Gasteiger partial charge on any atom is 0.331 e. The van der Waals surface area contributed by atoms with Gasteiger partial charge in [-0.05, 0) is 55.5 Å². The number of nitrogens with one attached hydrogen (secondary N) is 1. The van der Waals surface area contributed by atoms with Crippen molar-refractivity contribution in [2.24, 2.45) is 0 Å². The summed E-state index contributed by atoms with van der Waals surface area (Å²) in [4.78, 5) is 39.7. The molecule has 1 saturated carbocycles. The molecule has 2 aromatic rings. The van der Waals surface area contributed by atoms with Crippen molar-refractivity contribution in [3.63, 3.8) is 0 Å². The highest BCUT2D eigenvalue weighted by Crippen LogP contribution is 2.36. The first-order valence-electron chi connectivity index (χ1n) is 12.5. The first-order chi connectivity index (χ1) is 17.5. The van der Waals surface area contributed by atoms with E-state index in [1.165, 1.54) is 11.0 Å². The summed E-state index contributed by atoms with van der Waals surface area (Å²) in [5.74, 6) is -0.127. The zero-order chi connectivity index (χ0) is 25.5. The summed E-state index contributed by atoms with van der Waals surface area (Å²) < 4.78 is 12.1. The van der Waals surface area contributed by atoms with Gasteiger partial charge in [-0.2, -0.15) is 0 Å². The van der Waals surface area contributed by atoms with E-state index in [9.17, 15) is 14.4 Å². The second-order valence-electron chi connectivity index (χ2n) is 8.99. The molecular formula is C29H32N2O5. The fraction of sp³-hybridized carbons (Fsp3) is 0.345. The number of carbonyl (C=O) groups excluding carboxylic acids is 3. The number of allylic oxidation sites excluding steroid dienone is 1. The lowest BCUT2D eigenvalue weighted by Crippen LogP contribution is -2.58.